The van der Waals surface area contributed by atoms with E-state index >= 15 is 0 Å². The van der Waals surface area contributed by atoms with Crippen molar-refractivity contribution in [1.29, 1.82) is 0 Å². The molecule has 2 aromatic carbocycles. The highest BCUT2D eigenvalue weighted by Crippen LogP contribution is 2.42. The molecule has 0 aromatic heterocycles. The average molecular weight is 307 g/mol. The number of cyclic esters (lactones) is 1. The number of hydrogen-bond donors (Lipinski definition) is 1. The minimum atomic E-state index is -0.431. The number of carbonyl (C=O) groups excluding carboxylic acids is 1. The number of ether oxygens (including phenoxy) is 1. The van der Waals surface area contributed by atoms with E-state index < -0.39 is 5.97 Å². The lowest BCUT2D eigenvalue weighted by Gasteiger charge is -2.09. The summed E-state index contributed by atoms with van der Waals surface area (Å²) in [7, 11) is 0. The first kappa shape index (κ1) is 11.5. The number of rotatable bonds is 1. The van der Waals surface area contributed by atoms with Crippen LogP contribution in [0.4, 0.5) is 0 Å². The summed E-state index contributed by atoms with van der Waals surface area (Å²) in [6, 6.07) is 7.48. The average Bonchev–Trinajstić information content (AvgIpc) is 2.66. The number of phenols is 1. The quantitative estimate of drug-likeness (QED) is 0.812. The second-order valence-corrected chi connectivity index (χ2v) is 5.27. The van der Waals surface area contributed by atoms with Gasteiger partial charge in [0.05, 0.1) is 0 Å². The van der Waals surface area contributed by atoms with Crippen LogP contribution < -0.4 is 0 Å². The van der Waals surface area contributed by atoms with Gasteiger partial charge in [-0.15, -0.1) is 0 Å². The van der Waals surface area contributed by atoms with Crippen LogP contribution >= 0.6 is 15.9 Å². The van der Waals surface area contributed by atoms with Crippen LogP contribution in [0.3, 0.4) is 0 Å². The number of hydrogen-bond acceptors (Lipinski definition) is 3. The molecule has 0 amide bonds. The molecular formula is C14H11BrO3. The van der Waals surface area contributed by atoms with E-state index in [-0.39, 0.29) is 11.9 Å². The zero-order chi connectivity index (χ0) is 12.9. The van der Waals surface area contributed by atoms with Crippen molar-refractivity contribution in [3.05, 3.63) is 39.9 Å². The summed E-state index contributed by atoms with van der Waals surface area (Å²) in [6.45, 7) is 1.95. The topological polar surface area (TPSA) is 46.5 Å². The molecule has 0 saturated carbocycles. The first-order valence-corrected chi connectivity index (χ1v) is 6.57. The van der Waals surface area contributed by atoms with Crippen LogP contribution in [0.1, 0.15) is 35.4 Å². The van der Waals surface area contributed by atoms with E-state index in [0.717, 1.165) is 15.4 Å². The van der Waals surface area contributed by atoms with Crippen molar-refractivity contribution in [1.82, 2.24) is 0 Å². The van der Waals surface area contributed by atoms with Crippen molar-refractivity contribution >= 4 is 32.7 Å². The Hall–Kier alpha value is -1.55. The van der Waals surface area contributed by atoms with Gasteiger partial charge < -0.3 is 9.84 Å². The lowest BCUT2D eigenvalue weighted by molar-refractivity contribution is 0.0377. The van der Waals surface area contributed by atoms with Gasteiger partial charge in [0, 0.05) is 15.4 Å². The predicted molar refractivity (Wildman–Crippen MR) is 71.8 cm³/mol. The summed E-state index contributed by atoms with van der Waals surface area (Å²) in [5.74, 6) is -0.407. The van der Waals surface area contributed by atoms with E-state index in [1.807, 2.05) is 25.1 Å². The number of esters is 1. The molecule has 1 heterocycles. The van der Waals surface area contributed by atoms with Crippen LogP contribution in [0.2, 0.25) is 0 Å². The zero-order valence-electron chi connectivity index (χ0n) is 9.74. The van der Waals surface area contributed by atoms with Gasteiger partial charge in [0.2, 0.25) is 0 Å². The molecule has 2 aromatic rings. The van der Waals surface area contributed by atoms with Crippen LogP contribution in [0, 0.1) is 0 Å². The maximum Gasteiger partial charge on any atom is 0.342 e. The Labute approximate surface area is 113 Å². The summed E-state index contributed by atoms with van der Waals surface area (Å²) in [6.07, 6.45) is 0.458. The first-order chi connectivity index (χ1) is 8.61. The Morgan fingerprint density at radius 2 is 2.17 bits per heavy atom. The molecule has 0 spiro atoms. The number of benzene rings is 2. The Morgan fingerprint density at radius 3 is 2.89 bits per heavy atom. The molecule has 0 saturated heterocycles. The van der Waals surface area contributed by atoms with Crippen molar-refractivity contribution in [2.75, 3.05) is 0 Å². The molecule has 0 fully saturated rings. The molecule has 1 N–H and O–H groups in total. The highest BCUT2D eigenvalue weighted by atomic mass is 79.9. The van der Waals surface area contributed by atoms with Gasteiger partial charge in [0.15, 0.2) is 0 Å². The van der Waals surface area contributed by atoms with Gasteiger partial charge in [-0.2, -0.15) is 0 Å². The fourth-order valence-corrected chi connectivity index (χ4v) is 2.78. The molecule has 1 aliphatic rings. The summed E-state index contributed by atoms with van der Waals surface area (Å²) < 4.78 is 6.19. The van der Waals surface area contributed by atoms with Crippen molar-refractivity contribution < 1.29 is 14.6 Å². The van der Waals surface area contributed by atoms with Crippen molar-refractivity contribution in [3.8, 4) is 5.75 Å². The molecule has 0 aliphatic carbocycles. The van der Waals surface area contributed by atoms with E-state index in [1.54, 1.807) is 6.07 Å². The standard InChI is InChI=1S/C14H11BrO3/c1-2-11-10-6-7-5-8(15)3-4-9(7)13(16)12(10)14(17)18-11/h3-6,11,16H,2H2,1H3. The minimum Gasteiger partial charge on any atom is -0.506 e. The molecule has 1 unspecified atom stereocenters. The number of aromatic hydroxyl groups is 1. The largest absolute Gasteiger partial charge is 0.506 e. The van der Waals surface area contributed by atoms with E-state index in [1.165, 1.54) is 0 Å². The third kappa shape index (κ3) is 1.52. The van der Waals surface area contributed by atoms with Gasteiger partial charge in [0.1, 0.15) is 17.4 Å². The molecule has 18 heavy (non-hydrogen) atoms. The van der Waals surface area contributed by atoms with Crippen molar-refractivity contribution in [2.45, 2.75) is 19.4 Å². The number of carbonyl (C=O) groups is 1. The summed E-state index contributed by atoms with van der Waals surface area (Å²) in [4.78, 5) is 11.8. The van der Waals surface area contributed by atoms with Crippen molar-refractivity contribution in [2.24, 2.45) is 0 Å². The smallest absolute Gasteiger partial charge is 0.342 e. The Morgan fingerprint density at radius 1 is 1.39 bits per heavy atom. The second-order valence-electron chi connectivity index (χ2n) is 4.36. The first-order valence-electron chi connectivity index (χ1n) is 5.78. The summed E-state index contributed by atoms with van der Waals surface area (Å²) in [5.41, 5.74) is 1.10. The maximum absolute atomic E-state index is 11.8. The van der Waals surface area contributed by atoms with Gasteiger partial charge >= 0.3 is 5.97 Å². The molecule has 3 rings (SSSR count). The normalized spacial score (nSPS) is 17.9. The summed E-state index contributed by atoms with van der Waals surface area (Å²) in [5, 5.41) is 11.8. The predicted octanol–water partition coefficient (Wildman–Crippen LogP) is 3.93. The number of phenolic OH excluding ortho intramolecular Hbond substituents is 1. The lowest BCUT2D eigenvalue weighted by Crippen LogP contribution is -1.96. The van der Waals surface area contributed by atoms with Crippen LogP contribution in [0.25, 0.3) is 10.8 Å². The third-order valence-electron chi connectivity index (χ3n) is 3.28. The minimum absolute atomic E-state index is 0.0240. The monoisotopic (exact) mass is 306 g/mol. The molecule has 0 bridgehead atoms. The maximum atomic E-state index is 11.8. The van der Waals surface area contributed by atoms with Crippen molar-refractivity contribution in [3.63, 3.8) is 0 Å². The fourth-order valence-electron chi connectivity index (χ4n) is 2.40. The molecule has 1 atom stereocenters. The van der Waals surface area contributed by atoms with Gasteiger partial charge in [-0.1, -0.05) is 22.9 Å². The van der Waals surface area contributed by atoms with Crippen LogP contribution in [0.5, 0.6) is 5.75 Å². The zero-order valence-corrected chi connectivity index (χ0v) is 11.3. The van der Waals surface area contributed by atoms with Crippen LogP contribution in [-0.4, -0.2) is 11.1 Å². The van der Waals surface area contributed by atoms with E-state index in [4.69, 9.17) is 4.74 Å². The third-order valence-corrected chi connectivity index (χ3v) is 3.77. The number of halogens is 1. The van der Waals surface area contributed by atoms with E-state index in [0.29, 0.717) is 17.4 Å². The highest BCUT2D eigenvalue weighted by molar-refractivity contribution is 9.10. The van der Waals surface area contributed by atoms with Gasteiger partial charge in [-0.25, -0.2) is 4.79 Å². The Kier molecular flexibility index (Phi) is 2.55. The van der Waals surface area contributed by atoms with Gasteiger partial charge in [-0.3, -0.25) is 0 Å². The molecule has 3 nitrogen and oxygen atoms in total. The van der Waals surface area contributed by atoms with Crippen LogP contribution in [-0.2, 0) is 4.74 Å². The molecule has 0 radical (unpaired) electrons. The molecule has 1 aliphatic heterocycles. The molecular weight excluding hydrogens is 296 g/mol. The SMILES string of the molecule is CCC1OC(=O)c2c1cc1cc(Br)ccc1c2O. The molecule has 4 heteroatoms. The number of fused-ring (bicyclic) bond motifs is 2. The fraction of sp³-hybridized carbons (Fsp3) is 0.214. The second kappa shape index (κ2) is 3.99. The van der Waals surface area contributed by atoms with Crippen LogP contribution in [0.15, 0.2) is 28.7 Å². The van der Waals surface area contributed by atoms with Gasteiger partial charge in [0.25, 0.3) is 0 Å². The Bertz CT molecular complexity index is 664. The van der Waals surface area contributed by atoms with Gasteiger partial charge in [-0.05, 0) is 36.1 Å². The van der Waals surface area contributed by atoms with E-state index in [2.05, 4.69) is 15.9 Å². The lowest BCUT2D eigenvalue weighted by atomic mass is 9.97. The Balaban J connectivity index is 2.37. The highest BCUT2D eigenvalue weighted by Gasteiger charge is 2.33. The molecule has 92 valence electrons. The van der Waals surface area contributed by atoms with E-state index in [9.17, 15) is 9.90 Å². The summed E-state index contributed by atoms with van der Waals surface area (Å²) >= 11 is 3.40.